The quantitative estimate of drug-likeness (QED) is 0.278. The highest BCUT2D eigenvalue weighted by atomic mass is 16.5. The fraction of sp³-hybridized carbons (Fsp3) is 0.138. The number of aromatic carboxylic acids is 1. The Labute approximate surface area is 206 Å². The number of carboxylic acid groups (broad SMARTS) is 1. The third-order valence-electron chi connectivity index (χ3n) is 6.65. The van der Waals surface area contributed by atoms with Gasteiger partial charge in [-0.3, -0.25) is 0 Å². The molecule has 3 aromatic heterocycles. The summed E-state index contributed by atoms with van der Waals surface area (Å²) in [6.45, 7) is 5.80. The zero-order chi connectivity index (χ0) is 25.0. The maximum absolute atomic E-state index is 12.5. The van der Waals surface area contributed by atoms with Gasteiger partial charge in [-0.2, -0.15) is 0 Å². The van der Waals surface area contributed by atoms with E-state index >= 15 is 0 Å². The fourth-order valence-corrected chi connectivity index (χ4v) is 4.71. The van der Waals surface area contributed by atoms with Crippen molar-refractivity contribution in [2.45, 2.75) is 26.9 Å². The lowest BCUT2D eigenvalue weighted by atomic mass is 10.0. The molecule has 0 aliphatic rings. The summed E-state index contributed by atoms with van der Waals surface area (Å²) in [5, 5.41) is 11.6. The van der Waals surface area contributed by atoms with Crippen LogP contribution in [0.5, 0.6) is 5.75 Å². The maximum Gasteiger partial charge on any atom is 0.336 e. The molecule has 1 atom stereocenters. The van der Waals surface area contributed by atoms with Crippen molar-refractivity contribution in [2.24, 2.45) is 0 Å². The smallest absolute Gasteiger partial charge is 0.336 e. The Morgan fingerprint density at radius 1 is 1.08 bits per heavy atom. The van der Waals surface area contributed by atoms with Crippen LogP contribution in [-0.4, -0.2) is 26.0 Å². The van der Waals surface area contributed by atoms with Gasteiger partial charge >= 0.3 is 5.97 Å². The number of hydrogen-bond acceptors (Lipinski definition) is 5. The van der Waals surface area contributed by atoms with Gasteiger partial charge in [-0.1, -0.05) is 30.3 Å². The number of carboxylic acids is 1. The molecule has 2 N–H and O–H groups in total. The Balaban J connectivity index is 1.49. The number of hydrogen-bond donors (Lipinski definition) is 2. The highest BCUT2D eigenvalue weighted by Crippen LogP contribution is 2.38. The number of aromatic amines is 1. The molecule has 0 bridgehead atoms. The third kappa shape index (κ3) is 3.48. The molecule has 36 heavy (non-hydrogen) atoms. The number of furan rings is 1. The highest BCUT2D eigenvalue weighted by molar-refractivity contribution is 6.07. The lowest BCUT2D eigenvalue weighted by Gasteiger charge is -2.19. The van der Waals surface area contributed by atoms with Crippen molar-refractivity contribution in [2.75, 3.05) is 0 Å². The lowest BCUT2D eigenvalue weighted by Crippen LogP contribution is -2.07. The number of carbonyl (C=O) groups is 1. The van der Waals surface area contributed by atoms with Gasteiger partial charge in [-0.15, -0.1) is 0 Å². The van der Waals surface area contributed by atoms with E-state index in [9.17, 15) is 9.90 Å². The second kappa shape index (κ2) is 8.23. The van der Waals surface area contributed by atoms with Crippen molar-refractivity contribution >= 4 is 38.9 Å². The van der Waals surface area contributed by atoms with E-state index in [2.05, 4.69) is 9.97 Å². The second-order valence-corrected chi connectivity index (χ2v) is 8.96. The Hall–Kier alpha value is -4.65. The summed E-state index contributed by atoms with van der Waals surface area (Å²) >= 11 is 0. The molecule has 0 aliphatic carbocycles. The van der Waals surface area contributed by atoms with Gasteiger partial charge in [0.25, 0.3) is 0 Å². The average molecular weight is 478 g/mol. The third-order valence-corrected chi connectivity index (χ3v) is 6.65. The number of H-pyrrole nitrogens is 1. The van der Waals surface area contributed by atoms with Gasteiger partial charge in [0.2, 0.25) is 0 Å². The molecule has 0 amide bonds. The van der Waals surface area contributed by atoms with Crippen LogP contribution in [0.25, 0.3) is 44.4 Å². The molecule has 7 nitrogen and oxygen atoms in total. The molecule has 3 heterocycles. The zero-order valence-electron chi connectivity index (χ0n) is 20.0. The minimum Gasteiger partial charge on any atom is -0.485 e. The first-order chi connectivity index (χ1) is 17.4. The number of pyridine rings is 1. The minimum absolute atomic E-state index is 0.116. The first kappa shape index (κ1) is 21.9. The molecule has 0 radical (unpaired) electrons. The molecule has 6 aromatic rings. The summed E-state index contributed by atoms with van der Waals surface area (Å²) < 4.78 is 12.4. The van der Waals surface area contributed by atoms with Crippen LogP contribution >= 0.6 is 0 Å². The Morgan fingerprint density at radius 3 is 2.72 bits per heavy atom. The van der Waals surface area contributed by atoms with Crippen LogP contribution in [0.3, 0.4) is 0 Å². The van der Waals surface area contributed by atoms with Gasteiger partial charge in [0.15, 0.2) is 5.76 Å². The van der Waals surface area contributed by atoms with Crippen LogP contribution in [0, 0.1) is 13.8 Å². The summed E-state index contributed by atoms with van der Waals surface area (Å²) in [7, 11) is 0. The van der Waals surface area contributed by atoms with Crippen LogP contribution in [0.2, 0.25) is 0 Å². The summed E-state index contributed by atoms with van der Waals surface area (Å²) in [6.07, 6.45) is 1.32. The van der Waals surface area contributed by atoms with E-state index < -0.39 is 5.97 Å². The molecule has 0 aliphatic heterocycles. The van der Waals surface area contributed by atoms with E-state index in [0.29, 0.717) is 28.1 Å². The molecular formula is C29H23N3O4. The predicted octanol–water partition coefficient (Wildman–Crippen LogP) is 6.98. The number of aromatic nitrogens is 3. The van der Waals surface area contributed by atoms with Crippen LogP contribution < -0.4 is 4.74 Å². The van der Waals surface area contributed by atoms with Gasteiger partial charge in [0.1, 0.15) is 23.1 Å². The number of benzene rings is 3. The summed E-state index contributed by atoms with van der Waals surface area (Å²) in [6, 6.07) is 18.9. The van der Waals surface area contributed by atoms with Crippen molar-refractivity contribution < 1.29 is 19.1 Å². The minimum atomic E-state index is -1.06. The number of fused-ring (bicyclic) bond motifs is 3. The van der Waals surface area contributed by atoms with Crippen molar-refractivity contribution in [3.8, 4) is 17.2 Å². The standard InChI is InChI=1S/C29H23N3O4/c1-15-8-11-25(35-17(3)18-9-10-21-22(12-18)31-14-30-21)26-20(29(33)34)13-23(32-27(15)26)28-16(2)19-6-4-5-7-24(19)36-28/h4-14,17H,1-3H3,(H,30,31)(H,33,34). The number of aryl methyl sites for hydroxylation is 2. The van der Waals surface area contributed by atoms with Gasteiger partial charge < -0.3 is 19.2 Å². The van der Waals surface area contributed by atoms with Gasteiger partial charge in [0, 0.05) is 10.9 Å². The van der Waals surface area contributed by atoms with Crippen molar-refractivity contribution in [1.29, 1.82) is 0 Å². The zero-order valence-corrected chi connectivity index (χ0v) is 20.0. The largest absolute Gasteiger partial charge is 0.485 e. The van der Waals surface area contributed by atoms with E-state index in [1.165, 1.54) is 0 Å². The van der Waals surface area contributed by atoms with E-state index in [4.69, 9.17) is 14.1 Å². The summed E-state index contributed by atoms with van der Waals surface area (Å²) in [5.41, 5.74) is 6.40. The van der Waals surface area contributed by atoms with Crippen molar-refractivity contribution in [3.05, 3.63) is 89.2 Å². The molecular weight excluding hydrogens is 454 g/mol. The molecule has 0 spiro atoms. The van der Waals surface area contributed by atoms with Crippen LogP contribution in [-0.2, 0) is 0 Å². The maximum atomic E-state index is 12.5. The molecule has 178 valence electrons. The molecule has 0 saturated carbocycles. The van der Waals surface area contributed by atoms with Gasteiger partial charge in [-0.25, -0.2) is 14.8 Å². The number of imidazole rings is 1. The normalized spacial score (nSPS) is 12.4. The van der Waals surface area contributed by atoms with Crippen molar-refractivity contribution in [3.63, 3.8) is 0 Å². The van der Waals surface area contributed by atoms with Gasteiger partial charge in [-0.05, 0) is 62.2 Å². The van der Waals surface area contributed by atoms with E-state index in [1.54, 1.807) is 12.4 Å². The van der Waals surface area contributed by atoms with E-state index in [-0.39, 0.29) is 11.7 Å². The number of nitrogens with zero attached hydrogens (tertiary/aromatic N) is 2. The molecule has 1 unspecified atom stereocenters. The molecule has 0 fully saturated rings. The average Bonchev–Trinajstić information content (AvgIpc) is 3.49. The predicted molar refractivity (Wildman–Crippen MR) is 139 cm³/mol. The Kier molecular flexibility index (Phi) is 5.00. The number of para-hydroxylation sites is 1. The molecule has 7 heteroatoms. The summed E-state index contributed by atoms with van der Waals surface area (Å²) in [5.74, 6) is -0.0301. The van der Waals surface area contributed by atoms with E-state index in [0.717, 1.165) is 38.7 Å². The van der Waals surface area contributed by atoms with Crippen LogP contribution in [0.15, 0.2) is 71.4 Å². The van der Waals surface area contributed by atoms with Crippen LogP contribution in [0.1, 0.15) is 40.1 Å². The number of ether oxygens (including phenoxy) is 1. The topological polar surface area (TPSA) is 101 Å². The summed E-state index contributed by atoms with van der Waals surface area (Å²) in [4.78, 5) is 24.7. The molecule has 3 aromatic carbocycles. The monoisotopic (exact) mass is 477 g/mol. The van der Waals surface area contributed by atoms with Crippen molar-refractivity contribution in [1.82, 2.24) is 15.0 Å². The Bertz CT molecular complexity index is 1800. The van der Waals surface area contributed by atoms with Gasteiger partial charge in [0.05, 0.1) is 33.8 Å². The molecule has 6 rings (SSSR count). The second-order valence-electron chi connectivity index (χ2n) is 8.96. The van der Waals surface area contributed by atoms with E-state index in [1.807, 2.05) is 75.4 Å². The number of rotatable bonds is 5. The number of nitrogens with one attached hydrogen (secondary N) is 1. The Morgan fingerprint density at radius 2 is 1.92 bits per heavy atom. The first-order valence-corrected chi connectivity index (χ1v) is 11.7. The van der Waals surface area contributed by atoms with Crippen LogP contribution in [0.4, 0.5) is 0 Å². The SMILES string of the molecule is Cc1c(-c2cc(C(=O)O)c3c(OC(C)c4ccc5nc[nH]c5c4)ccc(C)c3n2)oc2ccccc12. The fourth-order valence-electron chi connectivity index (χ4n) is 4.71. The lowest BCUT2D eigenvalue weighted by molar-refractivity contribution is 0.0698. The highest BCUT2D eigenvalue weighted by Gasteiger charge is 2.22. The first-order valence-electron chi connectivity index (χ1n) is 11.7. The molecule has 0 saturated heterocycles.